The Labute approximate surface area is 76.4 Å². The minimum atomic E-state index is 0.142. The molecule has 0 spiro atoms. The second-order valence-corrected chi connectivity index (χ2v) is 3.45. The third-order valence-corrected chi connectivity index (χ3v) is 2.18. The molecule has 64 valence electrons. The van der Waals surface area contributed by atoms with Gasteiger partial charge in [0.2, 0.25) is 5.12 Å². The molecule has 0 saturated heterocycles. The van der Waals surface area contributed by atoms with Crippen molar-refractivity contribution in [2.45, 2.75) is 4.90 Å². The summed E-state index contributed by atoms with van der Waals surface area (Å²) >= 11 is 1.27. The largest absolute Gasteiger partial charge is 0.312 e. The van der Waals surface area contributed by atoms with E-state index in [9.17, 15) is 4.79 Å². The zero-order valence-electron chi connectivity index (χ0n) is 6.91. The third kappa shape index (κ3) is 3.07. The number of benzene rings is 1. The normalized spacial score (nSPS) is 9.75. The van der Waals surface area contributed by atoms with Crippen LogP contribution in [0.3, 0.4) is 0 Å². The summed E-state index contributed by atoms with van der Waals surface area (Å²) < 4.78 is 0. The third-order valence-electron chi connectivity index (χ3n) is 1.30. The van der Waals surface area contributed by atoms with Gasteiger partial charge in [0.1, 0.15) is 0 Å². The van der Waals surface area contributed by atoms with Crippen LogP contribution in [0.15, 0.2) is 35.2 Å². The number of hydrogen-bond acceptors (Lipinski definition) is 3. The predicted molar refractivity (Wildman–Crippen MR) is 51.2 cm³/mol. The lowest BCUT2D eigenvalue weighted by Gasteiger charge is -1.98. The van der Waals surface area contributed by atoms with Crippen LogP contribution in [0.1, 0.15) is 0 Å². The average Bonchev–Trinajstić information content (AvgIpc) is 2.06. The highest BCUT2D eigenvalue weighted by atomic mass is 32.2. The summed E-state index contributed by atoms with van der Waals surface area (Å²) in [5.41, 5.74) is 0. The highest BCUT2D eigenvalue weighted by Gasteiger charge is 2.01. The van der Waals surface area contributed by atoms with Gasteiger partial charge >= 0.3 is 0 Å². The van der Waals surface area contributed by atoms with Crippen molar-refractivity contribution in [3.05, 3.63) is 30.3 Å². The van der Waals surface area contributed by atoms with Crippen molar-refractivity contribution in [1.82, 2.24) is 5.32 Å². The molecule has 2 nitrogen and oxygen atoms in total. The molecule has 0 amide bonds. The second-order valence-electron chi connectivity index (χ2n) is 2.32. The first-order valence-corrected chi connectivity index (χ1v) is 4.55. The molecular weight excluding hydrogens is 170 g/mol. The predicted octanol–water partition coefficient (Wildman–Crippen LogP) is 1.52. The fourth-order valence-corrected chi connectivity index (χ4v) is 1.57. The molecule has 0 unspecified atom stereocenters. The van der Waals surface area contributed by atoms with Gasteiger partial charge in [0.05, 0.1) is 6.54 Å². The lowest BCUT2D eigenvalue weighted by Crippen LogP contribution is -2.15. The Bertz CT molecular complexity index is 248. The first-order valence-electron chi connectivity index (χ1n) is 3.73. The number of thioether (sulfide) groups is 1. The van der Waals surface area contributed by atoms with Gasteiger partial charge in [-0.2, -0.15) is 0 Å². The van der Waals surface area contributed by atoms with Crippen LogP contribution in [0, 0.1) is 0 Å². The van der Waals surface area contributed by atoms with Gasteiger partial charge in [-0.05, 0) is 19.2 Å². The Hall–Kier alpha value is -0.800. The highest BCUT2D eigenvalue weighted by molar-refractivity contribution is 8.13. The topological polar surface area (TPSA) is 29.1 Å². The van der Waals surface area contributed by atoms with E-state index in [1.165, 1.54) is 11.8 Å². The number of carbonyl (C=O) groups excluding carboxylic acids is 1. The second kappa shape index (κ2) is 4.95. The van der Waals surface area contributed by atoms with Gasteiger partial charge in [0.25, 0.3) is 0 Å². The van der Waals surface area contributed by atoms with E-state index < -0.39 is 0 Å². The zero-order valence-corrected chi connectivity index (χ0v) is 7.73. The van der Waals surface area contributed by atoms with Gasteiger partial charge in [-0.1, -0.05) is 30.0 Å². The Morgan fingerprint density at radius 3 is 2.67 bits per heavy atom. The van der Waals surface area contributed by atoms with Gasteiger partial charge in [-0.25, -0.2) is 0 Å². The quantitative estimate of drug-likeness (QED) is 0.717. The lowest BCUT2D eigenvalue weighted by atomic mass is 10.4. The number of carbonyl (C=O) groups is 1. The van der Waals surface area contributed by atoms with Crippen LogP contribution >= 0.6 is 11.8 Å². The molecule has 0 heterocycles. The summed E-state index contributed by atoms with van der Waals surface area (Å²) in [6, 6.07) is 9.65. The molecule has 0 fully saturated rings. The van der Waals surface area contributed by atoms with E-state index in [-0.39, 0.29) is 5.12 Å². The van der Waals surface area contributed by atoms with E-state index in [0.717, 1.165) is 4.90 Å². The molecule has 0 aliphatic heterocycles. The van der Waals surface area contributed by atoms with Crippen molar-refractivity contribution >= 4 is 16.9 Å². The summed E-state index contributed by atoms with van der Waals surface area (Å²) in [7, 11) is 1.77. The van der Waals surface area contributed by atoms with Gasteiger partial charge in [-0.15, -0.1) is 0 Å². The Kier molecular flexibility index (Phi) is 3.84. The number of likely N-dealkylation sites (N-methyl/N-ethyl adjacent to an activating group) is 1. The summed E-state index contributed by atoms with van der Waals surface area (Å²) in [6.45, 7) is 0.416. The highest BCUT2D eigenvalue weighted by Crippen LogP contribution is 2.16. The maximum Gasteiger partial charge on any atom is 0.207 e. The molecule has 0 aliphatic rings. The average molecular weight is 181 g/mol. The van der Waals surface area contributed by atoms with Gasteiger partial charge in [0, 0.05) is 4.90 Å². The van der Waals surface area contributed by atoms with E-state index in [1.807, 2.05) is 30.3 Å². The number of hydrogen-bond donors (Lipinski definition) is 1. The van der Waals surface area contributed by atoms with E-state index in [0.29, 0.717) is 6.54 Å². The van der Waals surface area contributed by atoms with Crippen LogP contribution in [0.4, 0.5) is 0 Å². The summed E-state index contributed by atoms with van der Waals surface area (Å²) in [6.07, 6.45) is 0. The Balaban J connectivity index is 2.47. The molecule has 0 aromatic heterocycles. The van der Waals surface area contributed by atoms with Crippen LogP contribution in [0.25, 0.3) is 0 Å². The molecule has 1 N–H and O–H groups in total. The van der Waals surface area contributed by atoms with E-state index in [4.69, 9.17) is 0 Å². The molecule has 0 aliphatic carbocycles. The Morgan fingerprint density at radius 2 is 2.08 bits per heavy atom. The molecule has 1 rings (SSSR count). The molecule has 0 radical (unpaired) electrons. The number of nitrogens with one attached hydrogen (secondary N) is 1. The monoisotopic (exact) mass is 181 g/mol. The Morgan fingerprint density at radius 1 is 1.42 bits per heavy atom. The van der Waals surface area contributed by atoms with E-state index >= 15 is 0 Å². The maximum atomic E-state index is 11.1. The fourth-order valence-electron chi connectivity index (χ4n) is 0.800. The van der Waals surface area contributed by atoms with Crippen LogP contribution < -0.4 is 5.32 Å². The van der Waals surface area contributed by atoms with Crippen LogP contribution in [0.5, 0.6) is 0 Å². The van der Waals surface area contributed by atoms with E-state index in [2.05, 4.69) is 5.32 Å². The molecular formula is C9H11NOS. The van der Waals surface area contributed by atoms with Crippen LogP contribution in [-0.2, 0) is 4.79 Å². The molecule has 3 heteroatoms. The SMILES string of the molecule is CNCC(=O)Sc1ccccc1. The number of rotatable bonds is 3. The minimum Gasteiger partial charge on any atom is -0.312 e. The van der Waals surface area contributed by atoms with Crippen molar-refractivity contribution in [2.75, 3.05) is 13.6 Å². The fraction of sp³-hybridized carbons (Fsp3) is 0.222. The van der Waals surface area contributed by atoms with Crippen LogP contribution in [0.2, 0.25) is 0 Å². The molecule has 1 aromatic carbocycles. The van der Waals surface area contributed by atoms with Crippen molar-refractivity contribution in [1.29, 1.82) is 0 Å². The first kappa shape index (κ1) is 9.29. The van der Waals surface area contributed by atoms with Crippen molar-refractivity contribution < 1.29 is 4.79 Å². The van der Waals surface area contributed by atoms with Crippen LogP contribution in [-0.4, -0.2) is 18.7 Å². The van der Waals surface area contributed by atoms with E-state index in [1.54, 1.807) is 7.05 Å². The minimum absolute atomic E-state index is 0.142. The molecule has 0 bridgehead atoms. The molecule has 0 saturated carbocycles. The summed E-state index contributed by atoms with van der Waals surface area (Å²) in [4.78, 5) is 12.1. The van der Waals surface area contributed by atoms with Crippen molar-refractivity contribution in [2.24, 2.45) is 0 Å². The molecule has 1 aromatic rings. The lowest BCUT2D eigenvalue weighted by molar-refractivity contribution is -0.110. The van der Waals surface area contributed by atoms with Gasteiger partial charge in [0.15, 0.2) is 0 Å². The van der Waals surface area contributed by atoms with Crippen molar-refractivity contribution in [3.63, 3.8) is 0 Å². The summed E-state index contributed by atoms with van der Waals surface area (Å²) in [5.74, 6) is 0. The first-order chi connectivity index (χ1) is 5.83. The smallest absolute Gasteiger partial charge is 0.207 e. The molecule has 12 heavy (non-hydrogen) atoms. The zero-order chi connectivity index (χ0) is 8.81. The standard InChI is InChI=1S/C9H11NOS/c1-10-7-9(11)12-8-5-3-2-4-6-8/h2-6,10H,7H2,1H3. The van der Waals surface area contributed by atoms with Crippen molar-refractivity contribution in [3.8, 4) is 0 Å². The maximum absolute atomic E-state index is 11.1. The van der Waals surface area contributed by atoms with Gasteiger partial charge < -0.3 is 5.32 Å². The summed E-state index contributed by atoms with van der Waals surface area (Å²) in [5, 5.41) is 2.96. The molecule has 0 atom stereocenters. The van der Waals surface area contributed by atoms with Gasteiger partial charge in [-0.3, -0.25) is 4.79 Å².